The van der Waals surface area contributed by atoms with Gasteiger partial charge in [0.05, 0.1) is 6.42 Å². The summed E-state index contributed by atoms with van der Waals surface area (Å²) < 4.78 is 4.97. The summed E-state index contributed by atoms with van der Waals surface area (Å²) in [5.74, 6) is -0.819. The van der Waals surface area contributed by atoms with E-state index in [1.54, 1.807) is 4.90 Å². The quantitative estimate of drug-likeness (QED) is 0.323. The summed E-state index contributed by atoms with van der Waals surface area (Å²) in [7, 11) is 0. The molecule has 1 aromatic carbocycles. The van der Waals surface area contributed by atoms with Crippen LogP contribution in [0.5, 0.6) is 0 Å². The highest BCUT2D eigenvalue weighted by Gasteiger charge is 2.14. The fourth-order valence-electron chi connectivity index (χ4n) is 2.68. The van der Waals surface area contributed by atoms with Crippen LogP contribution >= 0.6 is 0 Å². The molecule has 0 fully saturated rings. The van der Waals surface area contributed by atoms with Gasteiger partial charge in [0.15, 0.2) is 12.4 Å². The van der Waals surface area contributed by atoms with Gasteiger partial charge in [-0.2, -0.15) is 0 Å². The molecular formula is C21H31NO4. The Morgan fingerprint density at radius 2 is 1.58 bits per heavy atom. The van der Waals surface area contributed by atoms with Crippen molar-refractivity contribution < 1.29 is 19.1 Å². The Morgan fingerprint density at radius 1 is 0.923 bits per heavy atom. The number of carbonyl (C=O) groups excluding carboxylic acids is 3. The van der Waals surface area contributed by atoms with E-state index < -0.39 is 5.97 Å². The Balaban J connectivity index is 2.36. The standard InChI is InChI=1S/C21H31NO4/c1-4-7-8-9-17-10-12-18(13-11-17)19(23)14-15-21(25)26-16-20(24)22(5-2)6-3/h10-13H,4-9,14-16H2,1-3H3. The van der Waals surface area contributed by atoms with Crippen molar-refractivity contribution >= 4 is 17.7 Å². The van der Waals surface area contributed by atoms with Crippen LogP contribution in [0.2, 0.25) is 0 Å². The Morgan fingerprint density at radius 3 is 2.15 bits per heavy atom. The Kier molecular flexibility index (Phi) is 10.3. The molecule has 0 saturated heterocycles. The summed E-state index contributed by atoms with van der Waals surface area (Å²) in [6.45, 7) is 6.82. The molecule has 5 nitrogen and oxygen atoms in total. The van der Waals surface area contributed by atoms with E-state index in [1.807, 2.05) is 38.1 Å². The van der Waals surface area contributed by atoms with Crippen molar-refractivity contribution in [3.8, 4) is 0 Å². The van der Waals surface area contributed by atoms with Gasteiger partial charge in [-0.05, 0) is 32.3 Å². The lowest BCUT2D eigenvalue weighted by molar-refractivity contribution is -0.151. The average Bonchev–Trinajstić information content (AvgIpc) is 2.66. The van der Waals surface area contributed by atoms with E-state index in [0.717, 1.165) is 12.8 Å². The van der Waals surface area contributed by atoms with E-state index in [9.17, 15) is 14.4 Å². The number of carbonyl (C=O) groups is 3. The maximum Gasteiger partial charge on any atom is 0.306 e. The second kappa shape index (κ2) is 12.2. The molecule has 26 heavy (non-hydrogen) atoms. The van der Waals surface area contributed by atoms with Crippen LogP contribution in [0.3, 0.4) is 0 Å². The lowest BCUT2D eigenvalue weighted by Crippen LogP contribution is -2.34. The van der Waals surface area contributed by atoms with Gasteiger partial charge in [-0.25, -0.2) is 0 Å². The summed E-state index contributed by atoms with van der Waals surface area (Å²) in [6, 6.07) is 7.59. The van der Waals surface area contributed by atoms with Crippen molar-refractivity contribution in [1.29, 1.82) is 0 Å². The second-order valence-electron chi connectivity index (χ2n) is 6.30. The molecule has 0 saturated carbocycles. The van der Waals surface area contributed by atoms with Crippen molar-refractivity contribution in [2.24, 2.45) is 0 Å². The molecule has 1 aromatic rings. The van der Waals surface area contributed by atoms with Gasteiger partial charge in [0.2, 0.25) is 0 Å². The van der Waals surface area contributed by atoms with Crippen LogP contribution in [0.1, 0.15) is 68.8 Å². The molecule has 0 heterocycles. The van der Waals surface area contributed by atoms with E-state index in [0.29, 0.717) is 18.7 Å². The minimum Gasteiger partial charge on any atom is -0.456 e. The van der Waals surface area contributed by atoms with E-state index in [4.69, 9.17) is 4.74 Å². The normalized spacial score (nSPS) is 10.4. The van der Waals surface area contributed by atoms with E-state index in [2.05, 4.69) is 6.92 Å². The zero-order valence-corrected chi connectivity index (χ0v) is 16.3. The Hall–Kier alpha value is -2.17. The summed E-state index contributed by atoms with van der Waals surface area (Å²) in [5, 5.41) is 0. The van der Waals surface area contributed by atoms with Crippen LogP contribution in [-0.2, 0) is 20.7 Å². The predicted octanol–water partition coefficient (Wildman–Crippen LogP) is 3.79. The summed E-state index contributed by atoms with van der Waals surface area (Å²) in [5.41, 5.74) is 1.83. The Labute approximate surface area is 156 Å². The highest BCUT2D eigenvalue weighted by molar-refractivity contribution is 5.97. The van der Waals surface area contributed by atoms with Gasteiger partial charge in [0, 0.05) is 25.1 Å². The van der Waals surface area contributed by atoms with E-state index in [-0.39, 0.29) is 31.1 Å². The molecule has 0 unspecified atom stereocenters. The number of Topliss-reactive ketones (excluding diaryl/α,β-unsaturated/α-hetero) is 1. The van der Waals surface area contributed by atoms with Gasteiger partial charge in [0.1, 0.15) is 0 Å². The number of benzene rings is 1. The minimum absolute atomic E-state index is 0.0113. The second-order valence-corrected chi connectivity index (χ2v) is 6.30. The van der Waals surface area contributed by atoms with Crippen LogP contribution in [0, 0.1) is 0 Å². The molecule has 0 atom stereocenters. The number of hydrogen-bond donors (Lipinski definition) is 0. The first-order chi connectivity index (χ1) is 12.5. The molecular weight excluding hydrogens is 330 g/mol. The monoisotopic (exact) mass is 361 g/mol. The highest BCUT2D eigenvalue weighted by Crippen LogP contribution is 2.11. The molecule has 0 aliphatic rings. The van der Waals surface area contributed by atoms with Crippen LogP contribution in [0.4, 0.5) is 0 Å². The number of rotatable bonds is 12. The zero-order valence-electron chi connectivity index (χ0n) is 16.3. The molecule has 1 amide bonds. The summed E-state index contributed by atoms with van der Waals surface area (Å²) in [6.07, 6.45) is 4.65. The third kappa shape index (κ3) is 7.81. The van der Waals surface area contributed by atoms with Gasteiger partial charge < -0.3 is 9.64 Å². The molecule has 0 aliphatic heterocycles. The maximum atomic E-state index is 12.2. The molecule has 0 aromatic heterocycles. The number of likely N-dealkylation sites (N-methyl/N-ethyl adjacent to an activating group) is 1. The van der Waals surface area contributed by atoms with Crippen LogP contribution in [0.15, 0.2) is 24.3 Å². The van der Waals surface area contributed by atoms with Gasteiger partial charge in [0.25, 0.3) is 5.91 Å². The number of unbranched alkanes of at least 4 members (excludes halogenated alkanes) is 2. The zero-order chi connectivity index (χ0) is 19.4. The lowest BCUT2D eigenvalue weighted by Gasteiger charge is -2.18. The third-order valence-electron chi connectivity index (χ3n) is 4.37. The van der Waals surface area contributed by atoms with Crippen molar-refractivity contribution in [3.05, 3.63) is 35.4 Å². The van der Waals surface area contributed by atoms with Crippen molar-refractivity contribution in [3.63, 3.8) is 0 Å². The molecule has 1 rings (SSSR count). The topological polar surface area (TPSA) is 63.7 Å². The van der Waals surface area contributed by atoms with E-state index in [1.165, 1.54) is 18.4 Å². The van der Waals surface area contributed by atoms with Gasteiger partial charge in [-0.3, -0.25) is 14.4 Å². The molecule has 5 heteroatoms. The average molecular weight is 361 g/mol. The predicted molar refractivity (Wildman–Crippen MR) is 102 cm³/mol. The van der Waals surface area contributed by atoms with Gasteiger partial charge in [-0.15, -0.1) is 0 Å². The summed E-state index contributed by atoms with van der Waals surface area (Å²) >= 11 is 0. The number of esters is 1. The summed E-state index contributed by atoms with van der Waals surface area (Å²) in [4.78, 5) is 37.3. The third-order valence-corrected chi connectivity index (χ3v) is 4.37. The van der Waals surface area contributed by atoms with Crippen molar-refractivity contribution in [2.75, 3.05) is 19.7 Å². The molecule has 0 bridgehead atoms. The molecule has 0 radical (unpaired) electrons. The maximum absolute atomic E-state index is 12.2. The van der Waals surface area contributed by atoms with Crippen LogP contribution in [-0.4, -0.2) is 42.3 Å². The molecule has 0 N–H and O–H groups in total. The van der Waals surface area contributed by atoms with Gasteiger partial charge >= 0.3 is 5.97 Å². The molecule has 144 valence electrons. The number of hydrogen-bond acceptors (Lipinski definition) is 4. The number of aryl methyl sites for hydroxylation is 1. The van der Waals surface area contributed by atoms with E-state index >= 15 is 0 Å². The minimum atomic E-state index is -0.518. The highest BCUT2D eigenvalue weighted by atomic mass is 16.5. The first-order valence-corrected chi connectivity index (χ1v) is 9.57. The van der Waals surface area contributed by atoms with Crippen LogP contribution in [0.25, 0.3) is 0 Å². The SMILES string of the molecule is CCCCCc1ccc(C(=O)CCC(=O)OCC(=O)N(CC)CC)cc1. The fraction of sp³-hybridized carbons (Fsp3) is 0.571. The fourth-order valence-corrected chi connectivity index (χ4v) is 2.68. The van der Waals surface area contributed by atoms with Gasteiger partial charge in [-0.1, -0.05) is 44.0 Å². The molecule has 0 aliphatic carbocycles. The van der Waals surface area contributed by atoms with Crippen molar-refractivity contribution in [1.82, 2.24) is 4.90 Å². The number of nitrogens with zero attached hydrogens (tertiary/aromatic N) is 1. The number of ether oxygens (including phenoxy) is 1. The number of ketones is 1. The molecule has 0 spiro atoms. The first kappa shape index (κ1) is 21.9. The smallest absolute Gasteiger partial charge is 0.306 e. The van der Waals surface area contributed by atoms with Crippen molar-refractivity contribution in [2.45, 2.75) is 59.3 Å². The first-order valence-electron chi connectivity index (χ1n) is 9.57. The number of amides is 1. The lowest BCUT2D eigenvalue weighted by atomic mass is 10.0. The Bertz CT molecular complexity index is 576. The van der Waals surface area contributed by atoms with Crippen LogP contribution < -0.4 is 0 Å². The largest absolute Gasteiger partial charge is 0.456 e.